The molecule has 5 heteroatoms. The molecule has 0 saturated carbocycles. The van der Waals surface area contributed by atoms with Crippen molar-refractivity contribution in [1.82, 2.24) is 4.90 Å². The van der Waals surface area contributed by atoms with Crippen LogP contribution in [0.25, 0.3) is 11.0 Å². The van der Waals surface area contributed by atoms with E-state index in [-0.39, 0.29) is 12.3 Å². The molecule has 0 bridgehead atoms. The van der Waals surface area contributed by atoms with Crippen LogP contribution in [0.1, 0.15) is 16.1 Å². The van der Waals surface area contributed by atoms with E-state index in [0.717, 1.165) is 15.8 Å². The van der Waals surface area contributed by atoms with E-state index in [1.54, 1.807) is 12.1 Å². The van der Waals surface area contributed by atoms with Crippen molar-refractivity contribution in [2.45, 2.75) is 6.92 Å². The standard InChI is InChI=1S/C13H13NO4/c1-8-3-4-10-9(5-8)6-11(18-10)13(17)14(2)7-12(15)16/h3-6H,7H2,1-2H3,(H,15,16). The molecular formula is C13H13NO4. The second-order valence-electron chi connectivity index (χ2n) is 4.21. The summed E-state index contributed by atoms with van der Waals surface area (Å²) in [7, 11) is 1.43. The summed E-state index contributed by atoms with van der Waals surface area (Å²) in [6, 6.07) is 7.22. The molecular weight excluding hydrogens is 234 g/mol. The molecule has 1 N–H and O–H groups in total. The van der Waals surface area contributed by atoms with Gasteiger partial charge in [-0.25, -0.2) is 0 Å². The number of aryl methyl sites for hydroxylation is 1. The third-order valence-electron chi connectivity index (χ3n) is 2.60. The topological polar surface area (TPSA) is 70.8 Å². The summed E-state index contributed by atoms with van der Waals surface area (Å²) in [6.45, 7) is 1.60. The Kier molecular flexibility index (Phi) is 3.06. The van der Waals surface area contributed by atoms with E-state index in [0.29, 0.717) is 5.58 Å². The summed E-state index contributed by atoms with van der Waals surface area (Å²) in [5, 5.41) is 9.47. The predicted molar refractivity (Wildman–Crippen MR) is 65.5 cm³/mol. The van der Waals surface area contributed by atoms with Crippen LogP contribution in [0.5, 0.6) is 0 Å². The quantitative estimate of drug-likeness (QED) is 0.899. The number of carboxylic acid groups (broad SMARTS) is 1. The van der Waals surface area contributed by atoms with Crippen LogP contribution in [0.3, 0.4) is 0 Å². The normalized spacial score (nSPS) is 10.6. The summed E-state index contributed by atoms with van der Waals surface area (Å²) >= 11 is 0. The van der Waals surface area contributed by atoms with Crippen LogP contribution < -0.4 is 0 Å². The Labute approximate surface area is 104 Å². The molecule has 0 aliphatic rings. The molecule has 0 aliphatic heterocycles. The Balaban J connectivity index is 2.30. The number of fused-ring (bicyclic) bond motifs is 1. The minimum Gasteiger partial charge on any atom is -0.480 e. The van der Waals surface area contributed by atoms with Gasteiger partial charge < -0.3 is 14.4 Å². The first kappa shape index (κ1) is 12.2. The molecule has 1 aromatic carbocycles. The van der Waals surface area contributed by atoms with E-state index in [1.807, 2.05) is 19.1 Å². The van der Waals surface area contributed by atoms with Gasteiger partial charge in [-0.3, -0.25) is 9.59 Å². The molecule has 94 valence electrons. The molecule has 0 aliphatic carbocycles. The molecule has 5 nitrogen and oxygen atoms in total. The zero-order valence-corrected chi connectivity index (χ0v) is 10.1. The first-order valence-electron chi connectivity index (χ1n) is 5.45. The number of carbonyl (C=O) groups is 2. The van der Waals surface area contributed by atoms with Gasteiger partial charge in [-0.15, -0.1) is 0 Å². The monoisotopic (exact) mass is 247 g/mol. The van der Waals surface area contributed by atoms with Crippen molar-refractivity contribution in [3.63, 3.8) is 0 Å². The van der Waals surface area contributed by atoms with Crippen molar-refractivity contribution in [3.8, 4) is 0 Å². The van der Waals surface area contributed by atoms with Gasteiger partial charge in [0.05, 0.1) is 0 Å². The van der Waals surface area contributed by atoms with Gasteiger partial charge in [0.25, 0.3) is 5.91 Å². The SMILES string of the molecule is Cc1ccc2oc(C(=O)N(C)CC(=O)O)cc2c1. The first-order valence-corrected chi connectivity index (χ1v) is 5.45. The molecule has 0 atom stereocenters. The first-order chi connectivity index (χ1) is 8.47. The fraction of sp³-hybridized carbons (Fsp3) is 0.231. The van der Waals surface area contributed by atoms with Crippen LogP contribution in [0.2, 0.25) is 0 Å². The Morgan fingerprint density at radius 2 is 2.06 bits per heavy atom. The summed E-state index contributed by atoms with van der Waals surface area (Å²) in [4.78, 5) is 23.5. The van der Waals surface area contributed by atoms with Gasteiger partial charge >= 0.3 is 5.97 Å². The highest BCUT2D eigenvalue weighted by Gasteiger charge is 2.18. The fourth-order valence-corrected chi connectivity index (χ4v) is 1.73. The molecule has 2 aromatic rings. The molecule has 2 rings (SSSR count). The maximum absolute atomic E-state index is 11.9. The number of carbonyl (C=O) groups excluding carboxylic acids is 1. The number of rotatable bonds is 3. The van der Waals surface area contributed by atoms with Crippen LogP contribution >= 0.6 is 0 Å². The molecule has 0 radical (unpaired) electrons. The summed E-state index contributed by atoms with van der Waals surface area (Å²) in [6.07, 6.45) is 0. The van der Waals surface area contributed by atoms with E-state index in [9.17, 15) is 9.59 Å². The van der Waals surface area contributed by atoms with Gasteiger partial charge in [0, 0.05) is 12.4 Å². The molecule has 18 heavy (non-hydrogen) atoms. The Hall–Kier alpha value is -2.30. The lowest BCUT2D eigenvalue weighted by Crippen LogP contribution is -2.31. The zero-order valence-electron chi connectivity index (χ0n) is 10.1. The third kappa shape index (κ3) is 2.34. The second-order valence-corrected chi connectivity index (χ2v) is 4.21. The van der Waals surface area contributed by atoms with Crippen molar-refractivity contribution in [3.05, 3.63) is 35.6 Å². The molecule has 1 aromatic heterocycles. The number of benzene rings is 1. The van der Waals surface area contributed by atoms with E-state index in [1.165, 1.54) is 7.05 Å². The summed E-state index contributed by atoms with van der Waals surface area (Å²) in [5.74, 6) is -1.34. The average molecular weight is 247 g/mol. The smallest absolute Gasteiger partial charge is 0.323 e. The Morgan fingerprint density at radius 1 is 1.33 bits per heavy atom. The predicted octanol–water partition coefficient (Wildman–Crippen LogP) is 1.90. The third-order valence-corrected chi connectivity index (χ3v) is 2.60. The number of amides is 1. The van der Waals surface area contributed by atoms with Gasteiger partial charge in [0.15, 0.2) is 5.76 Å². The van der Waals surface area contributed by atoms with E-state index in [2.05, 4.69) is 0 Å². The summed E-state index contributed by atoms with van der Waals surface area (Å²) < 4.78 is 5.40. The van der Waals surface area contributed by atoms with Crippen LogP contribution in [0.4, 0.5) is 0 Å². The average Bonchev–Trinajstić information content (AvgIpc) is 2.69. The van der Waals surface area contributed by atoms with Gasteiger partial charge in [0.2, 0.25) is 0 Å². The number of nitrogens with zero attached hydrogens (tertiary/aromatic N) is 1. The lowest BCUT2D eigenvalue weighted by atomic mass is 10.2. The molecule has 0 unspecified atom stereocenters. The van der Waals surface area contributed by atoms with E-state index in [4.69, 9.17) is 9.52 Å². The number of likely N-dealkylation sites (N-methyl/N-ethyl adjacent to an activating group) is 1. The number of hydrogen-bond acceptors (Lipinski definition) is 3. The zero-order chi connectivity index (χ0) is 13.3. The van der Waals surface area contributed by atoms with Gasteiger partial charge in [-0.2, -0.15) is 0 Å². The van der Waals surface area contributed by atoms with Crippen molar-refractivity contribution < 1.29 is 19.1 Å². The lowest BCUT2D eigenvalue weighted by Gasteiger charge is -2.11. The largest absolute Gasteiger partial charge is 0.480 e. The maximum atomic E-state index is 11.9. The maximum Gasteiger partial charge on any atom is 0.323 e. The fourth-order valence-electron chi connectivity index (χ4n) is 1.73. The van der Waals surface area contributed by atoms with Crippen LogP contribution in [-0.2, 0) is 4.79 Å². The van der Waals surface area contributed by atoms with Crippen LogP contribution in [0, 0.1) is 6.92 Å². The molecule has 0 spiro atoms. The van der Waals surface area contributed by atoms with E-state index >= 15 is 0 Å². The molecule has 1 amide bonds. The van der Waals surface area contributed by atoms with Gasteiger partial charge in [-0.1, -0.05) is 11.6 Å². The van der Waals surface area contributed by atoms with Crippen LogP contribution in [0.15, 0.2) is 28.7 Å². The minimum atomic E-state index is -1.06. The van der Waals surface area contributed by atoms with Crippen molar-refractivity contribution in [2.75, 3.05) is 13.6 Å². The molecule has 0 fully saturated rings. The highest BCUT2D eigenvalue weighted by Crippen LogP contribution is 2.21. The molecule has 1 heterocycles. The van der Waals surface area contributed by atoms with Crippen LogP contribution in [-0.4, -0.2) is 35.5 Å². The minimum absolute atomic E-state index is 0.152. The van der Waals surface area contributed by atoms with Gasteiger partial charge in [-0.05, 0) is 25.1 Å². The second kappa shape index (κ2) is 4.52. The van der Waals surface area contributed by atoms with E-state index < -0.39 is 11.9 Å². The van der Waals surface area contributed by atoms with Gasteiger partial charge in [0.1, 0.15) is 12.1 Å². The lowest BCUT2D eigenvalue weighted by molar-refractivity contribution is -0.137. The number of furan rings is 1. The number of aliphatic carboxylic acids is 1. The highest BCUT2D eigenvalue weighted by molar-refractivity contribution is 5.97. The Bertz CT molecular complexity index is 614. The van der Waals surface area contributed by atoms with Crippen molar-refractivity contribution in [1.29, 1.82) is 0 Å². The number of hydrogen-bond donors (Lipinski definition) is 1. The summed E-state index contributed by atoms with van der Waals surface area (Å²) in [5.41, 5.74) is 1.69. The van der Waals surface area contributed by atoms with Crippen molar-refractivity contribution >= 4 is 22.8 Å². The van der Waals surface area contributed by atoms with Crippen molar-refractivity contribution in [2.24, 2.45) is 0 Å². The molecule has 0 saturated heterocycles. The number of carboxylic acids is 1. The Morgan fingerprint density at radius 3 is 2.72 bits per heavy atom. The highest BCUT2D eigenvalue weighted by atomic mass is 16.4.